The van der Waals surface area contributed by atoms with E-state index < -0.39 is 0 Å². The molecule has 6 heteroatoms. The van der Waals surface area contributed by atoms with Gasteiger partial charge in [0.1, 0.15) is 6.33 Å². The van der Waals surface area contributed by atoms with Gasteiger partial charge in [0, 0.05) is 23.2 Å². The van der Waals surface area contributed by atoms with E-state index in [0.29, 0.717) is 6.54 Å². The Balaban J connectivity index is 1.33. The first kappa shape index (κ1) is 18.1. The van der Waals surface area contributed by atoms with Crippen molar-refractivity contribution in [1.82, 2.24) is 20.3 Å². The molecule has 1 amide bonds. The molecule has 1 aromatic carbocycles. The molecule has 0 atom stereocenters. The van der Waals surface area contributed by atoms with E-state index in [4.69, 9.17) is 0 Å². The van der Waals surface area contributed by atoms with E-state index in [2.05, 4.69) is 51.5 Å². The molecule has 0 unspecified atom stereocenters. The van der Waals surface area contributed by atoms with Crippen LogP contribution in [0.4, 0.5) is 0 Å². The summed E-state index contributed by atoms with van der Waals surface area (Å²) in [5, 5.41) is 3.09. The third kappa shape index (κ3) is 3.44. The predicted molar refractivity (Wildman–Crippen MR) is 116 cm³/mol. The Kier molecular flexibility index (Phi) is 4.64. The van der Waals surface area contributed by atoms with Crippen LogP contribution in [0.1, 0.15) is 44.1 Å². The van der Waals surface area contributed by atoms with Gasteiger partial charge < -0.3 is 10.3 Å². The number of rotatable bonds is 4. The molecule has 0 aliphatic heterocycles. The number of carbonyl (C=O) groups excluding carboxylic acids is 1. The topological polar surface area (TPSA) is 70.7 Å². The summed E-state index contributed by atoms with van der Waals surface area (Å²) < 4.78 is 0. The first-order chi connectivity index (χ1) is 14.2. The number of amides is 1. The van der Waals surface area contributed by atoms with Crippen molar-refractivity contribution in [1.29, 1.82) is 0 Å². The van der Waals surface area contributed by atoms with E-state index in [9.17, 15) is 4.79 Å². The average molecular weight is 403 g/mol. The molecule has 2 N–H and O–H groups in total. The summed E-state index contributed by atoms with van der Waals surface area (Å²) in [7, 11) is 0. The zero-order valence-electron chi connectivity index (χ0n) is 16.3. The molecule has 0 saturated carbocycles. The van der Waals surface area contributed by atoms with Crippen molar-refractivity contribution in [3.63, 3.8) is 0 Å². The smallest absolute Gasteiger partial charge is 0.261 e. The Hall–Kier alpha value is -2.99. The minimum atomic E-state index is 0.0248. The largest absolute Gasteiger partial charge is 0.358 e. The van der Waals surface area contributed by atoms with Crippen LogP contribution in [0.3, 0.4) is 0 Å². The molecular formula is C23H22N4OS. The van der Waals surface area contributed by atoms with E-state index in [1.807, 2.05) is 12.3 Å². The molecule has 146 valence electrons. The SMILES string of the molecule is Cc1cc(-c2ncnc3cc[nH]c23)ccc1CNC(=O)c1cc2c(s1)CCCC2. The fraction of sp³-hybridized carbons (Fsp3) is 0.261. The van der Waals surface area contributed by atoms with Gasteiger partial charge >= 0.3 is 0 Å². The molecule has 0 saturated heterocycles. The summed E-state index contributed by atoms with van der Waals surface area (Å²) in [5.41, 5.74) is 7.39. The number of thiophene rings is 1. The van der Waals surface area contributed by atoms with Crippen molar-refractivity contribution in [3.05, 3.63) is 69.3 Å². The zero-order valence-corrected chi connectivity index (χ0v) is 17.1. The second-order valence-corrected chi connectivity index (χ2v) is 8.69. The number of aryl methyl sites for hydroxylation is 3. The van der Waals surface area contributed by atoms with Gasteiger partial charge in [0.2, 0.25) is 0 Å². The number of aromatic amines is 1. The van der Waals surface area contributed by atoms with Gasteiger partial charge in [0.25, 0.3) is 5.91 Å². The lowest BCUT2D eigenvalue weighted by atomic mass is 9.99. The lowest BCUT2D eigenvalue weighted by Gasteiger charge is -2.10. The Morgan fingerprint density at radius 2 is 2.07 bits per heavy atom. The van der Waals surface area contributed by atoms with Crippen LogP contribution in [0, 0.1) is 6.92 Å². The van der Waals surface area contributed by atoms with Crippen LogP contribution in [0.5, 0.6) is 0 Å². The maximum Gasteiger partial charge on any atom is 0.261 e. The number of hydrogen-bond acceptors (Lipinski definition) is 4. The highest BCUT2D eigenvalue weighted by atomic mass is 32.1. The van der Waals surface area contributed by atoms with Gasteiger partial charge in [-0.25, -0.2) is 9.97 Å². The van der Waals surface area contributed by atoms with Gasteiger partial charge in [-0.1, -0.05) is 12.1 Å². The third-order valence-corrected chi connectivity index (χ3v) is 6.86. The molecule has 5 rings (SSSR count). The molecule has 3 aromatic heterocycles. The van der Waals surface area contributed by atoms with Crippen molar-refractivity contribution >= 4 is 28.3 Å². The molecule has 1 aliphatic carbocycles. The van der Waals surface area contributed by atoms with Crippen LogP contribution in [0.2, 0.25) is 0 Å². The van der Waals surface area contributed by atoms with E-state index >= 15 is 0 Å². The van der Waals surface area contributed by atoms with E-state index in [0.717, 1.165) is 51.1 Å². The van der Waals surface area contributed by atoms with Crippen LogP contribution in [-0.4, -0.2) is 20.9 Å². The molecule has 1 aliphatic rings. The summed E-state index contributed by atoms with van der Waals surface area (Å²) in [6, 6.07) is 10.3. The van der Waals surface area contributed by atoms with Crippen molar-refractivity contribution < 1.29 is 4.79 Å². The Bertz CT molecular complexity index is 1180. The van der Waals surface area contributed by atoms with Crippen LogP contribution in [0.25, 0.3) is 22.3 Å². The lowest BCUT2D eigenvalue weighted by molar-refractivity contribution is 0.0955. The summed E-state index contributed by atoms with van der Waals surface area (Å²) in [6.07, 6.45) is 8.16. The summed E-state index contributed by atoms with van der Waals surface area (Å²) in [4.78, 5) is 26.8. The van der Waals surface area contributed by atoms with Crippen LogP contribution >= 0.6 is 11.3 Å². The Labute approximate surface area is 173 Å². The number of aromatic nitrogens is 3. The van der Waals surface area contributed by atoms with Crippen molar-refractivity contribution in [2.45, 2.75) is 39.2 Å². The van der Waals surface area contributed by atoms with E-state index in [-0.39, 0.29) is 5.91 Å². The Morgan fingerprint density at radius 3 is 2.93 bits per heavy atom. The quantitative estimate of drug-likeness (QED) is 0.515. The predicted octanol–water partition coefficient (Wildman–Crippen LogP) is 4.80. The van der Waals surface area contributed by atoms with Gasteiger partial charge in [0.05, 0.1) is 21.6 Å². The van der Waals surface area contributed by atoms with Crippen LogP contribution in [0.15, 0.2) is 42.9 Å². The minimum absolute atomic E-state index is 0.0248. The molecule has 0 spiro atoms. The minimum Gasteiger partial charge on any atom is -0.358 e. The fourth-order valence-electron chi connectivity index (χ4n) is 4.00. The standard InChI is InChI=1S/C23H22N4OS/c1-14-10-16(21-22-18(8-9-24-22)26-13-27-21)6-7-17(14)12-25-23(28)20-11-15-4-2-3-5-19(15)29-20/h6-11,13,24H,2-5,12H2,1H3,(H,25,28). The van der Waals surface area contributed by atoms with Gasteiger partial charge in [-0.15, -0.1) is 11.3 Å². The zero-order chi connectivity index (χ0) is 19.8. The average Bonchev–Trinajstić information content (AvgIpc) is 3.39. The normalized spacial score (nSPS) is 13.4. The first-order valence-corrected chi connectivity index (χ1v) is 10.8. The third-order valence-electron chi connectivity index (χ3n) is 5.62. The number of fused-ring (bicyclic) bond motifs is 2. The number of nitrogens with zero attached hydrogens (tertiary/aromatic N) is 2. The number of hydrogen-bond donors (Lipinski definition) is 2. The molecule has 3 heterocycles. The number of H-pyrrole nitrogens is 1. The number of benzene rings is 1. The van der Waals surface area contributed by atoms with Crippen molar-refractivity contribution in [3.8, 4) is 11.3 Å². The van der Waals surface area contributed by atoms with Gasteiger partial charge in [-0.05, 0) is 67.5 Å². The van der Waals surface area contributed by atoms with E-state index in [1.165, 1.54) is 23.3 Å². The van der Waals surface area contributed by atoms with Gasteiger partial charge in [0.15, 0.2) is 0 Å². The fourth-order valence-corrected chi connectivity index (χ4v) is 5.17. The highest BCUT2D eigenvalue weighted by Crippen LogP contribution is 2.30. The summed E-state index contributed by atoms with van der Waals surface area (Å²) in [6.45, 7) is 2.59. The molecule has 5 nitrogen and oxygen atoms in total. The van der Waals surface area contributed by atoms with Crippen LogP contribution < -0.4 is 5.32 Å². The van der Waals surface area contributed by atoms with Gasteiger partial charge in [-0.2, -0.15) is 0 Å². The second-order valence-electron chi connectivity index (χ2n) is 7.55. The molecule has 0 fully saturated rings. The van der Waals surface area contributed by atoms with Crippen LogP contribution in [-0.2, 0) is 19.4 Å². The Morgan fingerprint density at radius 1 is 1.17 bits per heavy atom. The maximum absolute atomic E-state index is 12.6. The maximum atomic E-state index is 12.6. The number of nitrogens with one attached hydrogen (secondary N) is 2. The molecule has 0 radical (unpaired) electrons. The van der Waals surface area contributed by atoms with Crippen molar-refractivity contribution in [2.24, 2.45) is 0 Å². The molecule has 4 aromatic rings. The molecule has 0 bridgehead atoms. The molecule has 29 heavy (non-hydrogen) atoms. The number of carbonyl (C=O) groups is 1. The van der Waals surface area contributed by atoms with E-state index in [1.54, 1.807) is 17.7 Å². The summed E-state index contributed by atoms with van der Waals surface area (Å²) >= 11 is 1.65. The lowest BCUT2D eigenvalue weighted by Crippen LogP contribution is -2.22. The second kappa shape index (κ2) is 7.44. The monoisotopic (exact) mass is 402 g/mol. The molecular weight excluding hydrogens is 380 g/mol. The highest BCUT2D eigenvalue weighted by molar-refractivity contribution is 7.14. The summed E-state index contributed by atoms with van der Waals surface area (Å²) in [5.74, 6) is 0.0248. The van der Waals surface area contributed by atoms with Crippen molar-refractivity contribution in [2.75, 3.05) is 0 Å². The first-order valence-electron chi connectivity index (χ1n) is 9.97. The van der Waals surface area contributed by atoms with Gasteiger partial charge in [-0.3, -0.25) is 4.79 Å². The highest BCUT2D eigenvalue weighted by Gasteiger charge is 2.17.